The predicted octanol–water partition coefficient (Wildman–Crippen LogP) is 3.39. The first kappa shape index (κ1) is 16.3. The van der Waals surface area contributed by atoms with E-state index in [1.54, 1.807) is 25.1 Å². The summed E-state index contributed by atoms with van der Waals surface area (Å²) < 4.78 is 5.27. The molecule has 0 spiro atoms. The van der Waals surface area contributed by atoms with Crippen LogP contribution in [0.5, 0.6) is 0 Å². The van der Waals surface area contributed by atoms with Gasteiger partial charge >= 0.3 is 0 Å². The van der Waals surface area contributed by atoms with Crippen molar-refractivity contribution in [2.75, 3.05) is 26.2 Å². The summed E-state index contributed by atoms with van der Waals surface area (Å²) in [6, 6.07) is 5.19. The van der Waals surface area contributed by atoms with Crippen LogP contribution in [0.2, 0.25) is 10.0 Å². The summed E-state index contributed by atoms with van der Waals surface area (Å²) in [5.74, 6) is 0.372. The molecule has 23 heavy (non-hydrogen) atoms. The van der Waals surface area contributed by atoms with Crippen molar-refractivity contribution in [2.24, 2.45) is 0 Å². The van der Waals surface area contributed by atoms with E-state index in [0.29, 0.717) is 45.7 Å². The van der Waals surface area contributed by atoms with Gasteiger partial charge in [-0.15, -0.1) is 0 Å². The lowest BCUT2D eigenvalue weighted by Gasteiger charge is -2.20. The average Bonchev–Trinajstić information content (AvgIpc) is 2.75. The Hall–Kier alpha value is -1.56. The molecule has 1 saturated heterocycles. The second kappa shape index (κ2) is 6.91. The monoisotopic (exact) mass is 353 g/mol. The molecule has 1 aromatic heterocycles. The maximum absolute atomic E-state index is 13.0. The third kappa shape index (κ3) is 3.22. The maximum atomic E-state index is 13.0. The molecular formula is C16H17Cl2N3O2. The number of hydrogen-bond donors (Lipinski definition) is 1. The molecule has 1 N–H and O–H groups in total. The molecule has 0 atom stereocenters. The number of aromatic nitrogens is 1. The van der Waals surface area contributed by atoms with Crippen LogP contribution in [-0.2, 0) is 0 Å². The summed E-state index contributed by atoms with van der Waals surface area (Å²) in [4.78, 5) is 14.8. The molecule has 7 heteroatoms. The Balaban J connectivity index is 2.03. The van der Waals surface area contributed by atoms with E-state index >= 15 is 0 Å². The SMILES string of the molecule is Cc1onc(-c2c(Cl)cccc2Cl)c1C(=O)N1CCCNCC1. The lowest BCUT2D eigenvalue weighted by Crippen LogP contribution is -2.34. The highest BCUT2D eigenvalue weighted by atomic mass is 35.5. The smallest absolute Gasteiger partial charge is 0.259 e. The summed E-state index contributed by atoms with van der Waals surface area (Å²) in [5, 5.41) is 8.21. The number of nitrogens with zero attached hydrogens (tertiary/aromatic N) is 2. The fraction of sp³-hybridized carbons (Fsp3) is 0.375. The van der Waals surface area contributed by atoms with Gasteiger partial charge in [-0.25, -0.2) is 0 Å². The molecule has 0 bridgehead atoms. The van der Waals surface area contributed by atoms with E-state index in [2.05, 4.69) is 10.5 Å². The van der Waals surface area contributed by atoms with Gasteiger partial charge in [0.1, 0.15) is 17.0 Å². The number of benzene rings is 1. The first-order valence-electron chi connectivity index (χ1n) is 7.50. The van der Waals surface area contributed by atoms with Crippen molar-refractivity contribution < 1.29 is 9.32 Å². The van der Waals surface area contributed by atoms with E-state index < -0.39 is 0 Å². The summed E-state index contributed by atoms with van der Waals surface area (Å²) in [5.41, 5.74) is 1.37. The van der Waals surface area contributed by atoms with E-state index in [9.17, 15) is 4.79 Å². The average molecular weight is 354 g/mol. The molecule has 0 unspecified atom stereocenters. The number of amides is 1. The van der Waals surface area contributed by atoms with Gasteiger partial charge in [0.15, 0.2) is 0 Å². The molecule has 0 aliphatic carbocycles. The highest BCUT2D eigenvalue weighted by molar-refractivity contribution is 6.39. The number of aryl methyl sites for hydroxylation is 1. The number of nitrogens with one attached hydrogen (secondary N) is 1. The maximum Gasteiger partial charge on any atom is 0.259 e. The largest absolute Gasteiger partial charge is 0.360 e. The van der Waals surface area contributed by atoms with Crippen molar-refractivity contribution in [1.82, 2.24) is 15.4 Å². The Morgan fingerprint density at radius 2 is 2.00 bits per heavy atom. The van der Waals surface area contributed by atoms with E-state index in [0.717, 1.165) is 19.5 Å². The molecule has 0 radical (unpaired) electrons. The van der Waals surface area contributed by atoms with Gasteiger partial charge in [-0.05, 0) is 32.0 Å². The summed E-state index contributed by atoms with van der Waals surface area (Å²) in [7, 11) is 0. The Labute approximate surface area is 144 Å². The minimum absolute atomic E-state index is 0.0987. The molecule has 1 aromatic carbocycles. The lowest BCUT2D eigenvalue weighted by molar-refractivity contribution is 0.0765. The Kier molecular flexibility index (Phi) is 4.90. The summed E-state index contributed by atoms with van der Waals surface area (Å²) in [6.45, 7) is 4.77. The number of carbonyl (C=O) groups is 1. The molecule has 2 aromatic rings. The topological polar surface area (TPSA) is 58.4 Å². The number of hydrogen-bond acceptors (Lipinski definition) is 4. The molecule has 0 saturated carbocycles. The van der Waals surface area contributed by atoms with Crippen molar-refractivity contribution in [2.45, 2.75) is 13.3 Å². The van der Waals surface area contributed by atoms with E-state index in [1.165, 1.54) is 0 Å². The van der Waals surface area contributed by atoms with Gasteiger partial charge in [0, 0.05) is 25.2 Å². The highest BCUT2D eigenvalue weighted by Gasteiger charge is 2.28. The molecule has 1 amide bonds. The van der Waals surface area contributed by atoms with Crippen LogP contribution in [0.3, 0.4) is 0 Å². The van der Waals surface area contributed by atoms with Crippen LogP contribution in [0.25, 0.3) is 11.3 Å². The van der Waals surface area contributed by atoms with Crippen LogP contribution < -0.4 is 5.32 Å². The fourth-order valence-electron chi connectivity index (χ4n) is 2.73. The summed E-state index contributed by atoms with van der Waals surface area (Å²) in [6.07, 6.45) is 0.915. The first-order chi connectivity index (χ1) is 11.1. The zero-order valence-corrected chi connectivity index (χ0v) is 14.2. The second-order valence-corrected chi connectivity index (χ2v) is 6.27. The van der Waals surface area contributed by atoms with Crippen LogP contribution >= 0.6 is 23.2 Å². The van der Waals surface area contributed by atoms with E-state index in [1.807, 2.05) is 4.90 Å². The van der Waals surface area contributed by atoms with Crippen molar-refractivity contribution >= 4 is 29.1 Å². The number of carbonyl (C=O) groups excluding carboxylic acids is 1. The molecule has 2 heterocycles. The second-order valence-electron chi connectivity index (χ2n) is 5.45. The van der Waals surface area contributed by atoms with Crippen LogP contribution in [0.15, 0.2) is 22.7 Å². The fourth-order valence-corrected chi connectivity index (χ4v) is 3.30. The molecule has 5 nitrogen and oxygen atoms in total. The third-order valence-corrected chi connectivity index (χ3v) is 4.53. The van der Waals surface area contributed by atoms with Gasteiger partial charge < -0.3 is 14.7 Å². The van der Waals surface area contributed by atoms with Crippen LogP contribution in [0.4, 0.5) is 0 Å². The van der Waals surface area contributed by atoms with E-state index in [-0.39, 0.29) is 5.91 Å². The van der Waals surface area contributed by atoms with Gasteiger partial charge in [-0.3, -0.25) is 4.79 Å². The Morgan fingerprint density at radius 1 is 1.26 bits per heavy atom. The lowest BCUT2D eigenvalue weighted by atomic mass is 10.0. The normalized spacial score (nSPS) is 15.5. The molecule has 122 valence electrons. The number of rotatable bonds is 2. The van der Waals surface area contributed by atoms with Gasteiger partial charge in [0.2, 0.25) is 0 Å². The molecule has 1 aliphatic rings. The minimum atomic E-state index is -0.0987. The zero-order chi connectivity index (χ0) is 16.4. The van der Waals surface area contributed by atoms with Crippen LogP contribution in [0.1, 0.15) is 22.5 Å². The van der Waals surface area contributed by atoms with Crippen LogP contribution in [0, 0.1) is 6.92 Å². The van der Waals surface area contributed by atoms with Crippen molar-refractivity contribution in [3.8, 4) is 11.3 Å². The van der Waals surface area contributed by atoms with Crippen molar-refractivity contribution in [1.29, 1.82) is 0 Å². The first-order valence-corrected chi connectivity index (χ1v) is 8.26. The predicted molar refractivity (Wildman–Crippen MR) is 90.1 cm³/mol. The van der Waals surface area contributed by atoms with Gasteiger partial charge in [-0.1, -0.05) is 34.4 Å². The quantitative estimate of drug-likeness (QED) is 0.898. The van der Waals surface area contributed by atoms with Gasteiger partial charge in [0.25, 0.3) is 5.91 Å². The standard InChI is InChI=1S/C16H17Cl2N3O2/c1-10-13(16(22)21-8-3-6-19-7-9-21)15(20-23-10)14-11(17)4-2-5-12(14)18/h2,4-5,19H,3,6-9H2,1H3. The summed E-state index contributed by atoms with van der Waals surface area (Å²) >= 11 is 12.5. The highest BCUT2D eigenvalue weighted by Crippen LogP contribution is 2.37. The number of halogens is 2. The van der Waals surface area contributed by atoms with Gasteiger partial charge in [0.05, 0.1) is 10.0 Å². The zero-order valence-electron chi connectivity index (χ0n) is 12.7. The molecular weight excluding hydrogens is 337 g/mol. The molecule has 1 fully saturated rings. The molecule has 3 rings (SSSR count). The third-order valence-electron chi connectivity index (χ3n) is 3.90. The molecule has 1 aliphatic heterocycles. The van der Waals surface area contributed by atoms with E-state index in [4.69, 9.17) is 27.7 Å². The van der Waals surface area contributed by atoms with Crippen LogP contribution in [-0.4, -0.2) is 42.1 Å². The van der Waals surface area contributed by atoms with Crippen molar-refractivity contribution in [3.05, 3.63) is 39.6 Å². The Morgan fingerprint density at radius 3 is 2.74 bits per heavy atom. The minimum Gasteiger partial charge on any atom is -0.360 e. The van der Waals surface area contributed by atoms with Crippen molar-refractivity contribution in [3.63, 3.8) is 0 Å². The van der Waals surface area contributed by atoms with Gasteiger partial charge in [-0.2, -0.15) is 0 Å². The Bertz CT molecular complexity index is 702.